The Balaban J connectivity index is 0.00000256. The number of benzene rings is 2. The molecule has 4 rings (SSSR count). The third-order valence-corrected chi connectivity index (χ3v) is 6.64. The molecule has 1 saturated carbocycles. The minimum absolute atomic E-state index is 0. The van der Waals surface area contributed by atoms with Crippen LogP contribution in [0.5, 0.6) is 0 Å². The Bertz CT molecular complexity index is 799. The van der Waals surface area contributed by atoms with Crippen molar-refractivity contribution in [2.24, 2.45) is 5.92 Å². The maximum atomic E-state index is 13.0. The molecule has 3 unspecified atom stereocenters. The Kier molecular flexibility index (Phi) is 8.29. The highest BCUT2D eigenvalue weighted by Gasteiger charge is 2.39. The molecule has 0 aromatic heterocycles. The highest BCUT2D eigenvalue weighted by atomic mass is 35.5. The fraction of sp³-hybridized carbons (Fsp3) is 0.480. The van der Waals surface area contributed by atoms with Crippen LogP contribution in [-0.2, 0) is 0 Å². The van der Waals surface area contributed by atoms with E-state index in [0.717, 1.165) is 25.9 Å². The minimum atomic E-state index is -0.295. The maximum Gasteiger partial charge on any atom is 0.162 e. The number of ketones is 1. The van der Waals surface area contributed by atoms with E-state index in [-0.39, 0.29) is 24.0 Å². The van der Waals surface area contributed by atoms with Crippen LogP contribution in [0.4, 0.5) is 10.1 Å². The summed E-state index contributed by atoms with van der Waals surface area (Å²) in [6, 6.07) is 17.6. The van der Waals surface area contributed by atoms with Crippen LogP contribution in [0.2, 0.25) is 0 Å². The average molecular weight is 431 g/mol. The van der Waals surface area contributed by atoms with E-state index in [1.807, 2.05) is 0 Å². The molecule has 3 nitrogen and oxygen atoms in total. The number of likely N-dealkylation sites (tertiary alicyclic amines) is 1. The van der Waals surface area contributed by atoms with E-state index < -0.39 is 0 Å². The lowest BCUT2D eigenvalue weighted by atomic mass is 9.75. The van der Waals surface area contributed by atoms with E-state index in [1.54, 1.807) is 12.1 Å². The molecular formula is C25H32ClFN2O. The number of halogens is 2. The van der Waals surface area contributed by atoms with Crippen molar-refractivity contribution in [3.8, 4) is 0 Å². The van der Waals surface area contributed by atoms with Crippen molar-refractivity contribution in [3.63, 3.8) is 0 Å². The van der Waals surface area contributed by atoms with Crippen LogP contribution in [0.25, 0.3) is 0 Å². The molecule has 1 aliphatic heterocycles. The van der Waals surface area contributed by atoms with E-state index in [2.05, 4.69) is 40.5 Å². The van der Waals surface area contributed by atoms with Gasteiger partial charge in [0.2, 0.25) is 0 Å². The van der Waals surface area contributed by atoms with Gasteiger partial charge in [0.25, 0.3) is 0 Å². The second-order valence-corrected chi connectivity index (χ2v) is 8.49. The summed E-state index contributed by atoms with van der Waals surface area (Å²) in [5, 5.41) is 3.79. The zero-order chi connectivity index (χ0) is 20.1. The van der Waals surface area contributed by atoms with Crippen LogP contribution in [0, 0.1) is 11.7 Å². The van der Waals surface area contributed by atoms with Crippen LogP contribution in [0.15, 0.2) is 54.6 Å². The number of piperidine rings is 1. The number of rotatable bonds is 7. The molecule has 162 valence electrons. The van der Waals surface area contributed by atoms with Crippen LogP contribution < -0.4 is 5.32 Å². The zero-order valence-corrected chi connectivity index (χ0v) is 18.3. The lowest BCUT2D eigenvalue weighted by Crippen LogP contribution is -2.54. The highest BCUT2D eigenvalue weighted by Crippen LogP contribution is 2.37. The molecular weight excluding hydrogens is 399 g/mol. The number of hydrogen-bond acceptors (Lipinski definition) is 3. The summed E-state index contributed by atoms with van der Waals surface area (Å²) in [5.74, 6) is 0.508. The number of nitrogens with zero attached hydrogens (tertiary/aromatic N) is 1. The average Bonchev–Trinajstić information content (AvgIpc) is 2.76. The number of fused-ring (bicyclic) bond motifs is 1. The third-order valence-electron chi connectivity index (χ3n) is 6.64. The number of Topliss-reactive ketones (excluding diaryl/α,β-unsaturated/α-hetero) is 1. The minimum Gasteiger partial charge on any atom is -0.382 e. The Morgan fingerprint density at radius 2 is 1.73 bits per heavy atom. The number of carbonyl (C=O) groups excluding carboxylic acids is 1. The molecule has 1 N–H and O–H groups in total. The Morgan fingerprint density at radius 3 is 2.50 bits per heavy atom. The molecule has 1 heterocycles. The van der Waals surface area contributed by atoms with Gasteiger partial charge in [-0.05, 0) is 74.5 Å². The van der Waals surface area contributed by atoms with Crippen molar-refractivity contribution >= 4 is 23.9 Å². The largest absolute Gasteiger partial charge is 0.382 e. The smallest absolute Gasteiger partial charge is 0.162 e. The second kappa shape index (κ2) is 10.9. The number of anilines is 1. The Morgan fingerprint density at radius 1 is 1.00 bits per heavy atom. The van der Waals surface area contributed by atoms with Crippen LogP contribution in [0.3, 0.4) is 0 Å². The van der Waals surface area contributed by atoms with Crippen molar-refractivity contribution in [1.29, 1.82) is 0 Å². The monoisotopic (exact) mass is 430 g/mol. The molecule has 0 radical (unpaired) electrons. The first-order valence-electron chi connectivity index (χ1n) is 11.0. The quantitative estimate of drug-likeness (QED) is 0.550. The molecule has 3 atom stereocenters. The molecule has 0 spiro atoms. The van der Waals surface area contributed by atoms with Gasteiger partial charge >= 0.3 is 0 Å². The van der Waals surface area contributed by atoms with Gasteiger partial charge in [-0.15, -0.1) is 12.4 Å². The summed E-state index contributed by atoms with van der Waals surface area (Å²) in [4.78, 5) is 15.0. The van der Waals surface area contributed by atoms with Gasteiger partial charge in [0.05, 0.1) is 0 Å². The zero-order valence-electron chi connectivity index (χ0n) is 17.4. The number of hydrogen-bond donors (Lipinski definition) is 1. The van der Waals surface area contributed by atoms with Crippen molar-refractivity contribution in [2.75, 3.05) is 18.4 Å². The number of para-hydroxylation sites is 1. The van der Waals surface area contributed by atoms with Gasteiger partial charge in [0.15, 0.2) is 5.78 Å². The lowest BCUT2D eigenvalue weighted by Gasteiger charge is -2.48. The molecule has 30 heavy (non-hydrogen) atoms. The molecule has 0 amide bonds. The van der Waals surface area contributed by atoms with Crippen molar-refractivity contribution in [3.05, 3.63) is 66.0 Å². The summed E-state index contributed by atoms with van der Waals surface area (Å²) in [6.07, 6.45) is 7.75. The number of nitrogens with one attached hydrogen (secondary N) is 1. The lowest BCUT2D eigenvalue weighted by molar-refractivity contribution is 0.0504. The van der Waals surface area contributed by atoms with E-state index >= 15 is 0 Å². The van der Waals surface area contributed by atoms with E-state index in [9.17, 15) is 9.18 Å². The molecule has 0 bridgehead atoms. The standard InChI is InChI=1S/C25H31FN2O.ClH/c26-20-14-12-19(13-15-20)25(29)11-6-17-28-18-16-23(22-9-4-5-10-24(22)28)27-21-7-2-1-3-8-21;/h1-3,7-8,12-15,22-24,27H,4-6,9-11,16-18H2;1H. The molecule has 2 aromatic carbocycles. The fourth-order valence-corrected chi connectivity index (χ4v) is 5.18. The fourth-order valence-electron chi connectivity index (χ4n) is 5.18. The van der Waals surface area contributed by atoms with Crippen LogP contribution in [-0.4, -0.2) is 35.9 Å². The first-order chi connectivity index (χ1) is 14.2. The van der Waals surface area contributed by atoms with Gasteiger partial charge < -0.3 is 5.32 Å². The summed E-state index contributed by atoms with van der Waals surface area (Å²) < 4.78 is 13.0. The van der Waals surface area contributed by atoms with Crippen molar-refractivity contribution < 1.29 is 9.18 Å². The van der Waals surface area contributed by atoms with Gasteiger partial charge in [0, 0.05) is 36.3 Å². The van der Waals surface area contributed by atoms with Gasteiger partial charge in [-0.25, -0.2) is 4.39 Å². The van der Waals surface area contributed by atoms with Crippen LogP contribution in [0.1, 0.15) is 55.3 Å². The Labute approximate surface area is 185 Å². The van der Waals surface area contributed by atoms with E-state index in [1.165, 1.54) is 43.5 Å². The summed E-state index contributed by atoms with van der Waals surface area (Å²) in [5.41, 5.74) is 1.84. The molecule has 5 heteroatoms. The molecule has 2 aliphatic rings. The summed E-state index contributed by atoms with van der Waals surface area (Å²) >= 11 is 0. The highest BCUT2D eigenvalue weighted by molar-refractivity contribution is 5.95. The second-order valence-electron chi connectivity index (χ2n) is 8.49. The summed E-state index contributed by atoms with van der Waals surface area (Å²) in [6.45, 7) is 2.07. The maximum absolute atomic E-state index is 13.0. The third kappa shape index (κ3) is 5.61. The molecule has 2 aromatic rings. The predicted octanol–water partition coefficient (Wildman–Crippen LogP) is 5.96. The van der Waals surface area contributed by atoms with Crippen molar-refractivity contribution in [1.82, 2.24) is 4.90 Å². The molecule has 2 fully saturated rings. The predicted molar refractivity (Wildman–Crippen MR) is 123 cm³/mol. The van der Waals surface area contributed by atoms with Crippen LogP contribution >= 0.6 is 12.4 Å². The molecule has 1 aliphatic carbocycles. The van der Waals surface area contributed by atoms with Gasteiger partial charge in [0.1, 0.15) is 5.82 Å². The van der Waals surface area contributed by atoms with Gasteiger partial charge in [-0.2, -0.15) is 0 Å². The van der Waals surface area contributed by atoms with E-state index in [4.69, 9.17) is 0 Å². The summed E-state index contributed by atoms with van der Waals surface area (Å²) in [7, 11) is 0. The SMILES string of the molecule is Cl.O=C(CCCN1CCC(Nc2ccccc2)C2CCCCC21)c1ccc(F)cc1. The van der Waals surface area contributed by atoms with E-state index in [0.29, 0.717) is 30.0 Å². The van der Waals surface area contributed by atoms with Gasteiger partial charge in [-0.3, -0.25) is 9.69 Å². The molecule has 1 saturated heterocycles. The Hall–Kier alpha value is -1.91. The van der Waals surface area contributed by atoms with Gasteiger partial charge in [-0.1, -0.05) is 31.0 Å². The first-order valence-corrected chi connectivity index (χ1v) is 11.0. The normalized spacial score (nSPS) is 23.8. The van der Waals surface area contributed by atoms with Crippen molar-refractivity contribution in [2.45, 2.75) is 57.0 Å². The first kappa shape index (κ1) is 22.8. The number of carbonyl (C=O) groups is 1. The topological polar surface area (TPSA) is 32.3 Å².